The normalized spacial score (nSPS) is 20.8. The Morgan fingerprint density at radius 2 is 1.68 bits per heavy atom. The van der Waals surface area contributed by atoms with Gasteiger partial charge in [-0.05, 0) is 57.6 Å². The lowest BCUT2D eigenvalue weighted by molar-refractivity contribution is 0.00578. The van der Waals surface area contributed by atoms with Gasteiger partial charge in [-0.25, -0.2) is 0 Å². The van der Waals surface area contributed by atoms with Crippen LogP contribution in [-0.4, -0.2) is 30.0 Å². The summed E-state index contributed by atoms with van der Waals surface area (Å²) in [4.78, 5) is 0. The van der Waals surface area contributed by atoms with Crippen molar-refractivity contribution in [1.29, 1.82) is 0 Å². The van der Waals surface area contributed by atoms with Gasteiger partial charge in [0, 0.05) is 6.61 Å². The molecule has 1 aliphatic heterocycles. The summed E-state index contributed by atoms with van der Waals surface area (Å²) in [6.45, 7) is 10.4. The molecular formula is C15H23BO3. The van der Waals surface area contributed by atoms with Crippen LogP contribution in [0.4, 0.5) is 0 Å². The van der Waals surface area contributed by atoms with Crippen molar-refractivity contribution >= 4 is 12.6 Å². The Labute approximate surface area is 116 Å². The summed E-state index contributed by atoms with van der Waals surface area (Å²) in [7, 11) is -0.331. The van der Waals surface area contributed by atoms with E-state index in [4.69, 9.17) is 14.4 Å². The third kappa shape index (κ3) is 2.71. The highest BCUT2D eigenvalue weighted by Crippen LogP contribution is 2.36. The molecule has 19 heavy (non-hydrogen) atoms. The Hall–Kier alpha value is -0.835. The van der Waals surface area contributed by atoms with Gasteiger partial charge >= 0.3 is 7.12 Å². The summed E-state index contributed by atoms with van der Waals surface area (Å²) in [5, 5.41) is 9.10. The fourth-order valence-corrected chi connectivity index (χ4v) is 2.21. The summed E-state index contributed by atoms with van der Waals surface area (Å²) in [5.74, 6) is 0. The molecule has 0 aliphatic carbocycles. The van der Waals surface area contributed by atoms with E-state index in [1.165, 1.54) is 5.56 Å². The van der Waals surface area contributed by atoms with Gasteiger partial charge in [0.1, 0.15) is 0 Å². The van der Waals surface area contributed by atoms with Crippen LogP contribution in [0, 0.1) is 6.92 Å². The van der Waals surface area contributed by atoms with Crippen LogP contribution in [0.15, 0.2) is 18.2 Å². The first kappa shape index (κ1) is 14.6. The van der Waals surface area contributed by atoms with Crippen LogP contribution in [0.5, 0.6) is 0 Å². The van der Waals surface area contributed by atoms with E-state index in [1.54, 1.807) is 0 Å². The lowest BCUT2D eigenvalue weighted by Crippen LogP contribution is -2.41. The molecule has 0 radical (unpaired) electrons. The topological polar surface area (TPSA) is 38.7 Å². The second kappa shape index (κ2) is 4.93. The Bertz CT molecular complexity index is 452. The van der Waals surface area contributed by atoms with Crippen molar-refractivity contribution in [2.24, 2.45) is 0 Å². The Morgan fingerprint density at radius 1 is 1.11 bits per heavy atom. The predicted molar refractivity (Wildman–Crippen MR) is 77.7 cm³/mol. The minimum atomic E-state index is -0.331. The van der Waals surface area contributed by atoms with Crippen LogP contribution < -0.4 is 5.46 Å². The van der Waals surface area contributed by atoms with Gasteiger partial charge in [0.2, 0.25) is 0 Å². The van der Waals surface area contributed by atoms with Crippen LogP contribution in [0.2, 0.25) is 0 Å². The highest BCUT2D eigenvalue weighted by molar-refractivity contribution is 6.62. The maximum atomic E-state index is 9.10. The zero-order valence-electron chi connectivity index (χ0n) is 12.5. The smallest absolute Gasteiger partial charge is 0.399 e. The molecule has 1 aromatic rings. The molecule has 1 N–H and O–H groups in total. The van der Waals surface area contributed by atoms with Gasteiger partial charge < -0.3 is 14.4 Å². The molecule has 104 valence electrons. The van der Waals surface area contributed by atoms with Crippen LogP contribution >= 0.6 is 0 Å². The monoisotopic (exact) mass is 262 g/mol. The summed E-state index contributed by atoms with van der Waals surface area (Å²) >= 11 is 0. The van der Waals surface area contributed by atoms with Crippen LogP contribution in [0.3, 0.4) is 0 Å². The van der Waals surface area contributed by atoms with E-state index < -0.39 is 0 Å². The highest BCUT2D eigenvalue weighted by atomic mass is 16.7. The van der Waals surface area contributed by atoms with Gasteiger partial charge in [0.15, 0.2) is 0 Å². The van der Waals surface area contributed by atoms with Crippen molar-refractivity contribution in [2.75, 3.05) is 6.61 Å². The van der Waals surface area contributed by atoms with E-state index in [-0.39, 0.29) is 24.9 Å². The first-order valence-corrected chi connectivity index (χ1v) is 6.83. The molecule has 0 bridgehead atoms. The molecule has 1 heterocycles. The molecule has 0 amide bonds. The molecule has 1 fully saturated rings. The van der Waals surface area contributed by atoms with Gasteiger partial charge in [0.05, 0.1) is 11.2 Å². The maximum absolute atomic E-state index is 9.10. The van der Waals surface area contributed by atoms with E-state index in [0.29, 0.717) is 6.42 Å². The molecule has 0 unspecified atom stereocenters. The van der Waals surface area contributed by atoms with Gasteiger partial charge in [-0.1, -0.05) is 18.2 Å². The van der Waals surface area contributed by atoms with Crippen LogP contribution in [0.1, 0.15) is 38.8 Å². The van der Waals surface area contributed by atoms with Crippen molar-refractivity contribution in [3.8, 4) is 0 Å². The number of rotatable bonds is 3. The summed E-state index contributed by atoms with van der Waals surface area (Å²) < 4.78 is 12.1. The van der Waals surface area contributed by atoms with Crippen LogP contribution in [0.25, 0.3) is 0 Å². The van der Waals surface area contributed by atoms with Gasteiger partial charge in [-0.3, -0.25) is 0 Å². The molecular weight excluding hydrogens is 239 g/mol. The molecule has 0 aromatic heterocycles. The molecule has 1 saturated heterocycles. The zero-order valence-corrected chi connectivity index (χ0v) is 12.5. The van der Waals surface area contributed by atoms with Gasteiger partial charge in [-0.15, -0.1) is 0 Å². The number of hydrogen-bond acceptors (Lipinski definition) is 3. The van der Waals surface area contributed by atoms with Gasteiger partial charge in [0.25, 0.3) is 0 Å². The SMILES string of the molecule is Cc1ccc(B2OC(C)(C)C(C)(C)O2)cc1CCO. The second-order valence-corrected chi connectivity index (χ2v) is 6.25. The first-order valence-electron chi connectivity index (χ1n) is 6.83. The molecule has 2 rings (SSSR count). The minimum absolute atomic E-state index is 0.160. The van der Waals surface area contributed by atoms with Crippen molar-refractivity contribution in [2.45, 2.75) is 52.2 Å². The lowest BCUT2D eigenvalue weighted by Gasteiger charge is -2.32. The van der Waals surface area contributed by atoms with Crippen molar-refractivity contribution < 1.29 is 14.4 Å². The Morgan fingerprint density at radius 3 is 2.21 bits per heavy atom. The third-order valence-corrected chi connectivity index (χ3v) is 4.28. The molecule has 4 heteroatoms. The standard InChI is InChI=1S/C15H23BO3/c1-11-6-7-13(10-12(11)8-9-17)16-18-14(2,3)15(4,5)19-16/h6-7,10,17H,8-9H2,1-5H3. The van der Waals surface area contributed by atoms with E-state index in [1.807, 2.05) is 6.07 Å². The highest BCUT2D eigenvalue weighted by Gasteiger charge is 2.51. The molecule has 3 nitrogen and oxygen atoms in total. The molecule has 1 aliphatic rings. The number of benzene rings is 1. The second-order valence-electron chi connectivity index (χ2n) is 6.25. The van der Waals surface area contributed by atoms with Crippen molar-refractivity contribution in [3.63, 3.8) is 0 Å². The average molecular weight is 262 g/mol. The average Bonchev–Trinajstić information content (AvgIpc) is 2.51. The van der Waals surface area contributed by atoms with E-state index >= 15 is 0 Å². The molecule has 0 atom stereocenters. The number of hydrogen-bond donors (Lipinski definition) is 1. The van der Waals surface area contributed by atoms with Gasteiger partial charge in [-0.2, -0.15) is 0 Å². The van der Waals surface area contributed by atoms with Crippen molar-refractivity contribution in [3.05, 3.63) is 29.3 Å². The van der Waals surface area contributed by atoms with Crippen molar-refractivity contribution in [1.82, 2.24) is 0 Å². The number of aryl methyl sites for hydroxylation is 1. The zero-order chi connectivity index (χ0) is 14.3. The predicted octanol–water partition coefficient (Wildman–Crippen LogP) is 1.83. The number of aliphatic hydroxyl groups excluding tert-OH is 1. The summed E-state index contributed by atoms with van der Waals surface area (Å²) in [6.07, 6.45) is 0.666. The molecule has 1 aromatic carbocycles. The molecule has 0 spiro atoms. The lowest BCUT2D eigenvalue weighted by atomic mass is 9.77. The molecule has 0 saturated carbocycles. The largest absolute Gasteiger partial charge is 0.494 e. The third-order valence-electron chi connectivity index (χ3n) is 4.28. The maximum Gasteiger partial charge on any atom is 0.494 e. The summed E-state index contributed by atoms with van der Waals surface area (Å²) in [6, 6.07) is 6.18. The van der Waals surface area contributed by atoms with E-state index in [9.17, 15) is 0 Å². The van der Waals surface area contributed by atoms with E-state index in [0.717, 1.165) is 11.0 Å². The number of aliphatic hydroxyl groups is 1. The quantitative estimate of drug-likeness (QED) is 0.844. The fourth-order valence-electron chi connectivity index (χ4n) is 2.21. The summed E-state index contributed by atoms with van der Waals surface area (Å²) in [5.41, 5.74) is 2.72. The first-order chi connectivity index (χ1) is 8.77. The Kier molecular flexibility index (Phi) is 3.78. The van der Waals surface area contributed by atoms with E-state index in [2.05, 4.69) is 46.8 Å². The fraction of sp³-hybridized carbons (Fsp3) is 0.600. The minimum Gasteiger partial charge on any atom is -0.399 e. The Balaban J connectivity index is 2.27. The van der Waals surface area contributed by atoms with Crippen LogP contribution in [-0.2, 0) is 15.7 Å².